The van der Waals surface area contributed by atoms with Gasteiger partial charge in [-0.3, -0.25) is 9.59 Å². The molecule has 0 bridgehead atoms. The summed E-state index contributed by atoms with van der Waals surface area (Å²) in [6, 6.07) is 12.8. The van der Waals surface area contributed by atoms with Gasteiger partial charge >= 0.3 is 0 Å². The Bertz CT molecular complexity index is 967. The number of Topliss-reactive ketones (excluding diaryl/α,β-unsaturated/α-hetero) is 1. The smallest absolute Gasteiger partial charge is 0.259 e. The number of hydroxylamine groups is 1. The van der Waals surface area contributed by atoms with Gasteiger partial charge in [-0.15, -0.1) is 16.7 Å². The van der Waals surface area contributed by atoms with E-state index in [1.807, 2.05) is 38.1 Å². The number of carbonyl (C=O) groups is 2. The number of ketones is 1. The number of thiazole rings is 1. The highest BCUT2D eigenvalue weighted by molar-refractivity contribution is 7.22. The maximum atomic E-state index is 12.2. The molecule has 0 fully saturated rings. The number of hydrogen-bond acceptors (Lipinski definition) is 5. The Morgan fingerprint density at radius 3 is 2.59 bits per heavy atom. The summed E-state index contributed by atoms with van der Waals surface area (Å²) in [5.41, 5.74) is 2.15. The van der Waals surface area contributed by atoms with E-state index in [1.165, 1.54) is 23.3 Å². The molecule has 0 aliphatic rings. The summed E-state index contributed by atoms with van der Waals surface area (Å²) in [4.78, 5) is 34.6. The number of amides is 1. The fraction of sp³-hybridized carbons (Fsp3) is 0.250. The first-order valence-corrected chi connectivity index (χ1v) is 9.83. The van der Waals surface area contributed by atoms with Gasteiger partial charge in [-0.1, -0.05) is 37.3 Å². The van der Waals surface area contributed by atoms with Crippen LogP contribution in [0, 0.1) is 0 Å². The van der Waals surface area contributed by atoms with Crippen LogP contribution in [0.3, 0.4) is 0 Å². The highest BCUT2D eigenvalue weighted by Crippen LogP contribution is 2.33. The van der Waals surface area contributed by atoms with Gasteiger partial charge in [-0.25, -0.2) is 4.98 Å². The molecule has 0 aliphatic heterocycles. The van der Waals surface area contributed by atoms with Crippen molar-refractivity contribution in [1.82, 2.24) is 4.98 Å². The molecule has 27 heavy (non-hydrogen) atoms. The molecule has 140 valence electrons. The van der Waals surface area contributed by atoms with Gasteiger partial charge in [0.15, 0.2) is 11.5 Å². The van der Waals surface area contributed by atoms with Crippen LogP contribution in [0.15, 0.2) is 42.5 Å². The van der Waals surface area contributed by atoms with Crippen LogP contribution in [0.2, 0.25) is 0 Å². The molecule has 0 saturated heterocycles. The van der Waals surface area contributed by atoms with Crippen molar-refractivity contribution < 1.29 is 14.4 Å². The predicted octanol–water partition coefficient (Wildman–Crippen LogP) is 5.19. The van der Waals surface area contributed by atoms with E-state index in [1.54, 1.807) is 18.2 Å². The highest BCUT2D eigenvalue weighted by Gasteiger charge is 2.22. The predicted molar refractivity (Wildman–Crippen MR) is 109 cm³/mol. The summed E-state index contributed by atoms with van der Waals surface area (Å²) in [5.74, 6) is 0.0745. The molecule has 0 atom stereocenters. The maximum absolute atomic E-state index is 12.2. The number of fused-ring (bicyclic) bond motifs is 1. The van der Waals surface area contributed by atoms with Crippen LogP contribution in [-0.2, 0) is 4.79 Å². The van der Waals surface area contributed by atoms with Crippen LogP contribution in [-0.4, -0.2) is 22.6 Å². The topological polar surface area (TPSA) is 59.5 Å². The van der Waals surface area contributed by atoms with Crippen LogP contribution >= 0.6 is 22.9 Å². The number of hydrogen-bond donors (Lipinski definition) is 0. The van der Waals surface area contributed by atoms with Crippen molar-refractivity contribution in [3.8, 4) is 5.75 Å². The second-order valence-electron chi connectivity index (χ2n) is 6.33. The Kier molecular flexibility index (Phi) is 5.77. The molecule has 3 aromatic rings. The second kappa shape index (κ2) is 8.06. The van der Waals surface area contributed by atoms with E-state index in [2.05, 4.69) is 4.98 Å². The van der Waals surface area contributed by atoms with Crippen molar-refractivity contribution in [2.24, 2.45) is 0 Å². The molecule has 0 spiro atoms. The number of aromatic nitrogens is 1. The Morgan fingerprint density at radius 1 is 1.22 bits per heavy atom. The average Bonchev–Trinajstić information content (AvgIpc) is 3.08. The lowest BCUT2D eigenvalue weighted by Crippen LogP contribution is -2.32. The fourth-order valence-electron chi connectivity index (χ4n) is 2.62. The zero-order valence-corrected chi connectivity index (χ0v) is 16.8. The van der Waals surface area contributed by atoms with Gasteiger partial charge in [-0.2, -0.15) is 0 Å². The number of anilines is 1. The number of nitrogens with zero attached hydrogens (tertiary/aromatic N) is 2. The summed E-state index contributed by atoms with van der Waals surface area (Å²) >= 11 is 7.04. The van der Waals surface area contributed by atoms with Crippen molar-refractivity contribution in [1.29, 1.82) is 0 Å². The summed E-state index contributed by atoms with van der Waals surface area (Å²) in [6.45, 7) is 5.41. The maximum Gasteiger partial charge on any atom is 0.259 e. The molecule has 5 nitrogen and oxygen atoms in total. The molecule has 1 aromatic heterocycles. The van der Waals surface area contributed by atoms with Gasteiger partial charge in [-0.05, 0) is 36.2 Å². The minimum absolute atomic E-state index is 0.0803. The van der Waals surface area contributed by atoms with E-state index in [0.717, 1.165) is 15.8 Å². The van der Waals surface area contributed by atoms with Crippen LogP contribution in [0.1, 0.15) is 42.6 Å². The molecule has 0 N–H and O–H groups in total. The first-order chi connectivity index (χ1) is 12.9. The standard InChI is InChI=1S/C20H19ClN2O3S/c1-12(2)15-10-14(17(25)11-21)8-9-18(15)26-23(13(3)24)20-22-16-6-4-5-7-19(16)27-20/h4-10,12H,11H2,1-3H3. The SMILES string of the molecule is CC(=O)N(Oc1ccc(C(=O)CCl)cc1C(C)C)c1nc2ccccc2s1. The number of carbonyl (C=O) groups excluding carboxylic acids is 2. The largest absolute Gasteiger partial charge is 0.369 e. The van der Waals surface area contributed by atoms with E-state index in [4.69, 9.17) is 16.4 Å². The minimum atomic E-state index is -0.287. The fourth-order valence-corrected chi connectivity index (χ4v) is 3.73. The lowest BCUT2D eigenvalue weighted by molar-refractivity contribution is -0.120. The molecule has 3 rings (SSSR count). The monoisotopic (exact) mass is 402 g/mol. The minimum Gasteiger partial charge on any atom is -0.369 e. The van der Waals surface area contributed by atoms with Crippen molar-refractivity contribution in [3.63, 3.8) is 0 Å². The lowest BCUT2D eigenvalue weighted by Gasteiger charge is -2.21. The van der Waals surface area contributed by atoms with E-state index in [9.17, 15) is 9.59 Å². The number of para-hydroxylation sites is 1. The zero-order valence-electron chi connectivity index (χ0n) is 15.2. The van der Waals surface area contributed by atoms with Crippen LogP contribution < -0.4 is 9.90 Å². The number of benzene rings is 2. The number of alkyl halides is 1. The Labute approximate surface area is 166 Å². The molecule has 0 saturated carbocycles. The third kappa shape index (κ3) is 4.12. The molecule has 0 unspecified atom stereocenters. The third-order valence-electron chi connectivity index (χ3n) is 4.01. The average molecular weight is 403 g/mol. The molecule has 1 amide bonds. The summed E-state index contributed by atoms with van der Waals surface area (Å²) in [7, 11) is 0. The molecular weight excluding hydrogens is 384 g/mol. The second-order valence-corrected chi connectivity index (χ2v) is 7.61. The first kappa shape index (κ1) is 19.3. The zero-order chi connectivity index (χ0) is 19.6. The van der Waals surface area contributed by atoms with Crippen LogP contribution in [0.4, 0.5) is 5.13 Å². The summed E-state index contributed by atoms with van der Waals surface area (Å²) < 4.78 is 0.967. The quantitative estimate of drug-likeness (QED) is 0.323. The molecular formula is C20H19ClN2O3S. The van der Waals surface area contributed by atoms with Gasteiger partial charge in [0.1, 0.15) is 0 Å². The normalized spacial score (nSPS) is 11.0. The van der Waals surface area contributed by atoms with Crippen molar-refractivity contribution in [2.75, 3.05) is 10.9 Å². The van der Waals surface area contributed by atoms with Crippen molar-refractivity contribution in [2.45, 2.75) is 26.7 Å². The van der Waals surface area contributed by atoms with Crippen LogP contribution in [0.25, 0.3) is 10.2 Å². The van der Waals surface area contributed by atoms with Gasteiger partial charge in [0.05, 0.1) is 16.1 Å². The molecule has 1 heterocycles. The van der Waals surface area contributed by atoms with Crippen LogP contribution in [0.5, 0.6) is 5.75 Å². The van der Waals surface area contributed by atoms with E-state index in [-0.39, 0.29) is 23.5 Å². The lowest BCUT2D eigenvalue weighted by atomic mass is 9.98. The Morgan fingerprint density at radius 2 is 1.96 bits per heavy atom. The first-order valence-electron chi connectivity index (χ1n) is 8.48. The number of halogens is 1. The van der Waals surface area contributed by atoms with E-state index >= 15 is 0 Å². The van der Waals surface area contributed by atoms with Gasteiger partial charge in [0.2, 0.25) is 5.13 Å². The third-order valence-corrected chi connectivity index (χ3v) is 5.25. The van der Waals surface area contributed by atoms with Crippen molar-refractivity contribution in [3.05, 3.63) is 53.6 Å². The highest BCUT2D eigenvalue weighted by atomic mass is 35.5. The van der Waals surface area contributed by atoms with E-state index in [0.29, 0.717) is 16.4 Å². The molecule has 0 aliphatic carbocycles. The van der Waals surface area contributed by atoms with E-state index < -0.39 is 0 Å². The van der Waals surface area contributed by atoms with Gasteiger partial charge < -0.3 is 4.84 Å². The Hall–Kier alpha value is -2.44. The van der Waals surface area contributed by atoms with Gasteiger partial charge in [0, 0.05) is 18.1 Å². The van der Waals surface area contributed by atoms with Crippen molar-refractivity contribution >= 4 is 50.0 Å². The number of rotatable bonds is 6. The molecule has 7 heteroatoms. The Balaban J connectivity index is 1.99. The summed E-state index contributed by atoms with van der Waals surface area (Å²) in [5, 5.41) is 1.65. The van der Waals surface area contributed by atoms with Gasteiger partial charge in [0.25, 0.3) is 5.91 Å². The molecule has 0 radical (unpaired) electrons. The molecule has 2 aromatic carbocycles. The summed E-state index contributed by atoms with van der Waals surface area (Å²) in [6.07, 6.45) is 0.